The van der Waals surface area contributed by atoms with E-state index in [0.29, 0.717) is 17.4 Å². The maximum absolute atomic E-state index is 12.9. The Hall–Kier alpha value is -1.54. The zero-order chi connectivity index (χ0) is 46.4. The van der Waals surface area contributed by atoms with Crippen LogP contribution in [0.4, 0.5) is 0 Å². The normalized spacial score (nSPS) is 14.5. The molecule has 0 aliphatic heterocycles. The number of likely N-dealkylation sites (N-methyl/N-ethyl adjacent to an activating group) is 1. The number of phosphoric acid groups is 1. The van der Waals surface area contributed by atoms with Crippen LogP contribution in [0.3, 0.4) is 0 Å². The van der Waals surface area contributed by atoms with Crippen LogP contribution in [-0.4, -0.2) is 68.5 Å². The number of carbonyl (C=O) groups is 1. The standard InChI is InChI=1S/C54H103N2O6P/c1-6-8-10-12-14-16-18-20-21-22-23-24-25-26-27-28-29-30-31-32-33-34-35-36-38-40-42-44-46-48-54(58)55-52(51-62-63(59,60)61-50-49-56(3,4)5)53(57)47-45-43-41-39-37-19-17-15-13-11-9-7-2/h18,20,22-23,37,39,45,47,52-53,57H,6-17,19,21,24-36,38,40-44,46,48-51H2,1-5H3,(H-,55,58,59,60)/b20-18-,23-22-,39-37+,47-45+. The fourth-order valence-electron chi connectivity index (χ4n) is 7.55. The second kappa shape index (κ2) is 45.6. The number of amides is 1. The number of quaternary nitrogens is 1. The molecule has 0 aliphatic carbocycles. The number of carbonyl (C=O) groups excluding carboxylic acids is 1. The van der Waals surface area contributed by atoms with E-state index in [9.17, 15) is 19.4 Å². The molecule has 3 unspecified atom stereocenters. The van der Waals surface area contributed by atoms with Crippen LogP contribution in [-0.2, 0) is 18.4 Å². The molecule has 2 N–H and O–H groups in total. The summed E-state index contributed by atoms with van der Waals surface area (Å²) in [6, 6.07) is -0.901. The molecule has 0 spiro atoms. The largest absolute Gasteiger partial charge is 0.756 e. The van der Waals surface area contributed by atoms with Gasteiger partial charge in [0, 0.05) is 6.42 Å². The molecule has 0 rings (SSSR count). The molecule has 0 aliphatic rings. The summed E-state index contributed by atoms with van der Waals surface area (Å²) in [6.45, 7) is 4.60. The maximum Gasteiger partial charge on any atom is 0.268 e. The molecule has 9 heteroatoms. The molecule has 0 aromatic carbocycles. The molecule has 0 saturated carbocycles. The van der Waals surface area contributed by atoms with E-state index in [-0.39, 0.29) is 12.5 Å². The highest BCUT2D eigenvalue weighted by atomic mass is 31.2. The van der Waals surface area contributed by atoms with Crippen molar-refractivity contribution in [1.82, 2.24) is 5.32 Å². The van der Waals surface area contributed by atoms with Gasteiger partial charge in [0.1, 0.15) is 13.2 Å². The van der Waals surface area contributed by atoms with Gasteiger partial charge in [0.15, 0.2) is 0 Å². The highest BCUT2D eigenvalue weighted by Crippen LogP contribution is 2.38. The van der Waals surface area contributed by atoms with Crippen LogP contribution < -0.4 is 10.2 Å². The number of allylic oxidation sites excluding steroid dienone is 7. The van der Waals surface area contributed by atoms with Crippen LogP contribution in [0.5, 0.6) is 0 Å². The van der Waals surface area contributed by atoms with Gasteiger partial charge in [0.2, 0.25) is 5.91 Å². The first-order valence-electron chi connectivity index (χ1n) is 26.5. The first-order chi connectivity index (χ1) is 30.5. The average molecular weight is 907 g/mol. The summed E-state index contributed by atoms with van der Waals surface area (Å²) in [6.07, 6.45) is 59.0. The number of nitrogens with zero attached hydrogens (tertiary/aromatic N) is 1. The molecule has 0 heterocycles. The van der Waals surface area contributed by atoms with Crippen LogP contribution in [0.15, 0.2) is 48.6 Å². The molecule has 3 atom stereocenters. The zero-order valence-electron chi connectivity index (χ0n) is 42.0. The first kappa shape index (κ1) is 61.5. The van der Waals surface area contributed by atoms with Crippen molar-refractivity contribution in [2.45, 2.75) is 251 Å². The lowest BCUT2D eigenvalue weighted by Gasteiger charge is -2.29. The lowest BCUT2D eigenvalue weighted by Crippen LogP contribution is -2.45. The highest BCUT2D eigenvalue weighted by Gasteiger charge is 2.23. The van der Waals surface area contributed by atoms with Gasteiger partial charge in [-0.2, -0.15) is 0 Å². The number of rotatable bonds is 48. The van der Waals surface area contributed by atoms with E-state index in [4.69, 9.17) is 9.05 Å². The van der Waals surface area contributed by atoms with Gasteiger partial charge in [-0.25, -0.2) is 0 Å². The Labute approximate surface area is 390 Å². The molecule has 0 aromatic heterocycles. The second-order valence-corrected chi connectivity index (χ2v) is 20.6. The Bertz CT molecular complexity index is 1170. The highest BCUT2D eigenvalue weighted by molar-refractivity contribution is 7.45. The van der Waals surface area contributed by atoms with Crippen LogP contribution in [0, 0.1) is 0 Å². The van der Waals surface area contributed by atoms with Gasteiger partial charge in [-0.1, -0.05) is 217 Å². The SMILES string of the molecule is CCCCCCC/C=C\C/C=C\CCCCCCCCCCCCCCCCCCCC(=O)NC(COP(=O)([O-])OCC[N+](C)(C)C)C(O)/C=C/CC/C=C/CCCCCCCC. The molecule has 370 valence electrons. The van der Waals surface area contributed by atoms with Crippen LogP contribution in [0.2, 0.25) is 0 Å². The Morgan fingerprint density at radius 1 is 0.556 bits per heavy atom. The summed E-state index contributed by atoms with van der Waals surface area (Å²) in [5, 5.41) is 13.8. The second-order valence-electron chi connectivity index (χ2n) is 19.2. The number of nitrogens with one attached hydrogen (secondary N) is 1. The van der Waals surface area contributed by atoms with Crippen molar-refractivity contribution in [2.75, 3.05) is 40.9 Å². The number of unbranched alkanes of at least 4 members (excludes halogenated alkanes) is 29. The lowest BCUT2D eigenvalue weighted by atomic mass is 10.0. The van der Waals surface area contributed by atoms with Crippen molar-refractivity contribution in [2.24, 2.45) is 0 Å². The number of hydrogen-bond acceptors (Lipinski definition) is 6. The number of aliphatic hydroxyl groups is 1. The fourth-order valence-corrected chi connectivity index (χ4v) is 8.28. The number of hydrogen-bond donors (Lipinski definition) is 2. The third kappa shape index (κ3) is 48.2. The molecule has 0 radical (unpaired) electrons. The van der Waals surface area contributed by atoms with Crippen molar-refractivity contribution < 1.29 is 32.9 Å². The van der Waals surface area contributed by atoms with Crippen LogP contribution in [0.25, 0.3) is 0 Å². The predicted octanol–water partition coefficient (Wildman–Crippen LogP) is 15.0. The Morgan fingerprint density at radius 2 is 0.937 bits per heavy atom. The van der Waals surface area contributed by atoms with Gasteiger partial charge in [0.25, 0.3) is 7.82 Å². The van der Waals surface area contributed by atoms with E-state index in [1.165, 1.54) is 173 Å². The van der Waals surface area contributed by atoms with Crippen LogP contribution >= 0.6 is 7.82 Å². The summed E-state index contributed by atoms with van der Waals surface area (Å²) in [7, 11) is 1.24. The molecule has 0 fully saturated rings. The van der Waals surface area contributed by atoms with Gasteiger partial charge in [0.05, 0.1) is 39.9 Å². The first-order valence-corrected chi connectivity index (χ1v) is 28.0. The number of phosphoric ester groups is 1. The van der Waals surface area contributed by atoms with Crippen molar-refractivity contribution >= 4 is 13.7 Å². The van der Waals surface area contributed by atoms with Crippen molar-refractivity contribution in [3.8, 4) is 0 Å². The van der Waals surface area contributed by atoms with E-state index in [1.54, 1.807) is 6.08 Å². The summed E-state index contributed by atoms with van der Waals surface area (Å²) >= 11 is 0. The predicted molar refractivity (Wildman–Crippen MR) is 270 cm³/mol. The Balaban J connectivity index is 4.11. The molecule has 8 nitrogen and oxygen atoms in total. The van der Waals surface area contributed by atoms with Crippen molar-refractivity contribution in [3.63, 3.8) is 0 Å². The minimum atomic E-state index is -4.60. The summed E-state index contributed by atoms with van der Waals surface area (Å²) in [5.74, 6) is -0.207. The van der Waals surface area contributed by atoms with Gasteiger partial charge < -0.3 is 28.8 Å². The average Bonchev–Trinajstić information content (AvgIpc) is 3.24. The van der Waals surface area contributed by atoms with Gasteiger partial charge in [-0.05, 0) is 64.2 Å². The van der Waals surface area contributed by atoms with Crippen LogP contribution in [0.1, 0.15) is 239 Å². The van der Waals surface area contributed by atoms with Gasteiger partial charge in [-0.15, -0.1) is 0 Å². The van der Waals surface area contributed by atoms with E-state index < -0.39 is 26.6 Å². The Kier molecular flexibility index (Phi) is 44.5. The van der Waals surface area contributed by atoms with E-state index in [2.05, 4.69) is 55.6 Å². The minimum absolute atomic E-state index is 0.00640. The van der Waals surface area contributed by atoms with E-state index in [0.717, 1.165) is 44.9 Å². The smallest absolute Gasteiger partial charge is 0.268 e. The molecule has 0 bridgehead atoms. The van der Waals surface area contributed by atoms with Crippen molar-refractivity contribution in [3.05, 3.63) is 48.6 Å². The molecule has 0 saturated heterocycles. The lowest BCUT2D eigenvalue weighted by molar-refractivity contribution is -0.870. The summed E-state index contributed by atoms with van der Waals surface area (Å²) < 4.78 is 23.2. The summed E-state index contributed by atoms with van der Waals surface area (Å²) in [4.78, 5) is 25.4. The zero-order valence-corrected chi connectivity index (χ0v) is 42.9. The molecular formula is C54H103N2O6P. The fraction of sp³-hybridized carbons (Fsp3) is 0.833. The maximum atomic E-state index is 12.9. The topological polar surface area (TPSA) is 108 Å². The third-order valence-electron chi connectivity index (χ3n) is 11.8. The number of aliphatic hydroxyl groups excluding tert-OH is 1. The Morgan fingerprint density at radius 3 is 1.38 bits per heavy atom. The monoisotopic (exact) mass is 907 g/mol. The van der Waals surface area contributed by atoms with Crippen molar-refractivity contribution in [1.29, 1.82) is 0 Å². The quantitative estimate of drug-likeness (QED) is 0.0272. The van der Waals surface area contributed by atoms with E-state index in [1.807, 2.05) is 27.2 Å². The summed E-state index contributed by atoms with van der Waals surface area (Å²) in [5.41, 5.74) is 0. The van der Waals surface area contributed by atoms with Gasteiger partial charge >= 0.3 is 0 Å². The molecular weight excluding hydrogens is 804 g/mol. The van der Waals surface area contributed by atoms with Gasteiger partial charge in [-0.3, -0.25) is 9.36 Å². The molecule has 63 heavy (non-hydrogen) atoms. The molecule has 1 amide bonds. The minimum Gasteiger partial charge on any atom is -0.756 e. The van der Waals surface area contributed by atoms with E-state index >= 15 is 0 Å². The molecule has 0 aromatic rings. The third-order valence-corrected chi connectivity index (χ3v) is 12.7.